The Balaban J connectivity index is 1.89. The molecule has 2 N–H and O–H groups in total. The van der Waals surface area contributed by atoms with E-state index in [2.05, 4.69) is 10.1 Å². The Morgan fingerprint density at radius 2 is 2.10 bits per heavy atom. The highest BCUT2D eigenvalue weighted by atomic mass is 16.5. The van der Waals surface area contributed by atoms with Gasteiger partial charge in [0.25, 0.3) is 0 Å². The van der Waals surface area contributed by atoms with Crippen LogP contribution in [0.15, 0.2) is 22.7 Å². The zero-order chi connectivity index (χ0) is 14.1. The molecule has 1 atom stereocenters. The van der Waals surface area contributed by atoms with Crippen molar-refractivity contribution in [2.45, 2.75) is 24.8 Å². The summed E-state index contributed by atoms with van der Waals surface area (Å²) in [5.41, 5.74) is 7.01. The van der Waals surface area contributed by atoms with Gasteiger partial charge in [-0.3, -0.25) is 0 Å². The molecule has 0 bridgehead atoms. The summed E-state index contributed by atoms with van der Waals surface area (Å²) in [6, 6.07) is 5.00. The minimum atomic E-state index is -0.480. The second-order valence-corrected chi connectivity index (χ2v) is 4.85. The van der Waals surface area contributed by atoms with Crippen molar-refractivity contribution in [2.24, 2.45) is 5.73 Å². The molecule has 1 aliphatic carbocycles. The van der Waals surface area contributed by atoms with Crippen molar-refractivity contribution >= 4 is 0 Å². The molecule has 3 rings (SSSR count). The van der Waals surface area contributed by atoms with Crippen LogP contribution in [0.5, 0.6) is 11.5 Å². The Bertz CT molecular complexity index is 607. The van der Waals surface area contributed by atoms with Crippen LogP contribution in [0.25, 0.3) is 0 Å². The molecule has 2 aromatic rings. The Labute approximate surface area is 116 Å². The quantitative estimate of drug-likeness (QED) is 0.898. The zero-order valence-corrected chi connectivity index (χ0v) is 11.5. The summed E-state index contributed by atoms with van der Waals surface area (Å²) in [5.74, 6) is 2.94. The zero-order valence-electron chi connectivity index (χ0n) is 11.5. The topological polar surface area (TPSA) is 83.4 Å². The smallest absolute Gasteiger partial charge is 0.229 e. The van der Waals surface area contributed by atoms with Gasteiger partial charge in [-0.2, -0.15) is 4.98 Å². The van der Waals surface area contributed by atoms with Crippen molar-refractivity contribution in [3.05, 3.63) is 35.5 Å². The standard InChI is InChI=1S/C14H17N3O3/c1-18-9-5-6-10(11(7-9)19-2)12(15)13-16-14(20-17-13)8-3-4-8/h5-8,12H,3-4,15H2,1-2H3. The third kappa shape index (κ3) is 2.34. The molecule has 1 fully saturated rings. The van der Waals surface area contributed by atoms with Crippen molar-refractivity contribution in [2.75, 3.05) is 14.2 Å². The largest absolute Gasteiger partial charge is 0.497 e. The van der Waals surface area contributed by atoms with Crippen molar-refractivity contribution in [3.8, 4) is 11.5 Å². The second kappa shape index (κ2) is 5.13. The average Bonchev–Trinajstić information content (AvgIpc) is 3.23. The van der Waals surface area contributed by atoms with Gasteiger partial charge in [-0.25, -0.2) is 0 Å². The summed E-state index contributed by atoms with van der Waals surface area (Å²) in [6.45, 7) is 0. The molecule has 0 amide bonds. The van der Waals surface area contributed by atoms with Crippen LogP contribution in [0.2, 0.25) is 0 Å². The van der Waals surface area contributed by atoms with E-state index in [0.29, 0.717) is 29.1 Å². The third-order valence-electron chi connectivity index (χ3n) is 3.44. The van der Waals surface area contributed by atoms with Crippen LogP contribution in [-0.4, -0.2) is 24.4 Å². The number of methoxy groups -OCH3 is 2. The molecule has 1 aromatic heterocycles. The maximum Gasteiger partial charge on any atom is 0.229 e. The maximum absolute atomic E-state index is 6.21. The molecule has 0 aliphatic heterocycles. The highest BCUT2D eigenvalue weighted by Crippen LogP contribution is 2.39. The van der Waals surface area contributed by atoms with Gasteiger partial charge >= 0.3 is 0 Å². The summed E-state index contributed by atoms with van der Waals surface area (Å²) < 4.78 is 15.8. The van der Waals surface area contributed by atoms with E-state index in [1.807, 2.05) is 12.1 Å². The van der Waals surface area contributed by atoms with Crippen molar-refractivity contribution < 1.29 is 14.0 Å². The molecule has 6 heteroatoms. The first-order valence-corrected chi connectivity index (χ1v) is 6.54. The minimum absolute atomic E-state index is 0.418. The first kappa shape index (κ1) is 12.9. The predicted molar refractivity (Wildman–Crippen MR) is 71.8 cm³/mol. The lowest BCUT2D eigenvalue weighted by Crippen LogP contribution is -2.14. The van der Waals surface area contributed by atoms with Crippen LogP contribution in [-0.2, 0) is 0 Å². The number of hydrogen-bond donors (Lipinski definition) is 1. The minimum Gasteiger partial charge on any atom is -0.497 e. The molecule has 6 nitrogen and oxygen atoms in total. The molecular weight excluding hydrogens is 258 g/mol. The van der Waals surface area contributed by atoms with Crippen molar-refractivity contribution in [1.82, 2.24) is 10.1 Å². The molecule has 1 heterocycles. The lowest BCUT2D eigenvalue weighted by Gasteiger charge is -2.13. The Hall–Kier alpha value is -2.08. The van der Waals surface area contributed by atoms with Crippen LogP contribution >= 0.6 is 0 Å². The van der Waals surface area contributed by atoms with Crippen LogP contribution in [0.1, 0.15) is 42.1 Å². The Morgan fingerprint density at radius 3 is 2.75 bits per heavy atom. The molecule has 1 unspecified atom stereocenters. The summed E-state index contributed by atoms with van der Waals surface area (Å²) in [4.78, 5) is 4.38. The molecule has 1 saturated carbocycles. The van der Waals surface area contributed by atoms with Gasteiger partial charge in [-0.15, -0.1) is 0 Å². The van der Waals surface area contributed by atoms with E-state index in [0.717, 1.165) is 18.4 Å². The lowest BCUT2D eigenvalue weighted by molar-refractivity contribution is 0.370. The maximum atomic E-state index is 6.21. The van der Waals surface area contributed by atoms with Gasteiger partial charge in [0, 0.05) is 17.5 Å². The Morgan fingerprint density at radius 1 is 1.30 bits per heavy atom. The number of benzene rings is 1. The summed E-state index contributed by atoms with van der Waals surface area (Å²) in [5, 5.41) is 3.97. The monoisotopic (exact) mass is 275 g/mol. The summed E-state index contributed by atoms with van der Waals surface area (Å²) >= 11 is 0. The van der Waals surface area contributed by atoms with Crippen LogP contribution in [0.3, 0.4) is 0 Å². The van der Waals surface area contributed by atoms with E-state index in [1.54, 1.807) is 20.3 Å². The van der Waals surface area contributed by atoms with Crippen molar-refractivity contribution in [1.29, 1.82) is 0 Å². The van der Waals surface area contributed by atoms with Gasteiger partial charge in [0.2, 0.25) is 5.89 Å². The fourth-order valence-electron chi connectivity index (χ4n) is 2.08. The molecule has 106 valence electrons. The summed E-state index contributed by atoms with van der Waals surface area (Å²) in [6.07, 6.45) is 2.23. The number of rotatable bonds is 5. The van der Waals surface area contributed by atoms with Crippen LogP contribution < -0.4 is 15.2 Å². The normalized spacial score (nSPS) is 15.9. The first-order valence-electron chi connectivity index (χ1n) is 6.54. The lowest BCUT2D eigenvalue weighted by atomic mass is 10.1. The average molecular weight is 275 g/mol. The Kier molecular flexibility index (Phi) is 3.31. The fraction of sp³-hybridized carbons (Fsp3) is 0.429. The predicted octanol–water partition coefficient (Wildman–Crippen LogP) is 2.01. The highest BCUT2D eigenvalue weighted by Gasteiger charge is 2.31. The number of nitrogens with zero attached hydrogens (tertiary/aromatic N) is 2. The van der Waals surface area contributed by atoms with E-state index in [1.165, 1.54) is 0 Å². The number of ether oxygens (including phenoxy) is 2. The van der Waals surface area contributed by atoms with Crippen LogP contribution in [0, 0.1) is 0 Å². The molecule has 20 heavy (non-hydrogen) atoms. The molecule has 0 saturated heterocycles. The SMILES string of the molecule is COc1ccc(C(N)c2noc(C3CC3)n2)c(OC)c1. The van der Waals surface area contributed by atoms with Gasteiger partial charge in [-0.1, -0.05) is 5.16 Å². The number of nitrogens with two attached hydrogens (primary N) is 1. The summed E-state index contributed by atoms with van der Waals surface area (Å²) in [7, 11) is 3.20. The molecule has 1 aliphatic rings. The van der Waals surface area contributed by atoms with Gasteiger partial charge in [0.1, 0.15) is 11.5 Å². The molecule has 1 aromatic carbocycles. The van der Waals surface area contributed by atoms with E-state index < -0.39 is 6.04 Å². The molecule has 0 spiro atoms. The molecule has 0 radical (unpaired) electrons. The number of aromatic nitrogens is 2. The van der Waals surface area contributed by atoms with Gasteiger partial charge in [0.05, 0.1) is 20.3 Å². The molecular formula is C14H17N3O3. The van der Waals surface area contributed by atoms with Gasteiger partial charge in [0.15, 0.2) is 5.82 Å². The van der Waals surface area contributed by atoms with E-state index >= 15 is 0 Å². The third-order valence-corrected chi connectivity index (χ3v) is 3.44. The van der Waals surface area contributed by atoms with Crippen LogP contribution in [0.4, 0.5) is 0 Å². The fourth-order valence-corrected chi connectivity index (χ4v) is 2.08. The van der Waals surface area contributed by atoms with E-state index in [-0.39, 0.29) is 0 Å². The van der Waals surface area contributed by atoms with Gasteiger partial charge < -0.3 is 19.7 Å². The van der Waals surface area contributed by atoms with Gasteiger partial charge in [-0.05, 0) is 25.0 Å². The van der Waals surface area contributed by atoms with Crippen molar-refractivity contribution in [3.63, 3.8) is 0 Å². The second-order valence-electron chi connectivity index (χ2n) is 4.85. The number of hydrogen-bond acceptors (Lipinski definition) is 6. The van der Waals surface area contributed by atoms with E-state index in [4.69, 9.17) is 19.7 Å². The van der Waals surface area contributed by atoms with E-state index in [9.17, 15) is 0 Å². The first-order chi connectivity index (χ1) is 9.72. The highest BCUT2D eigenvalue weighted by molar-refractivity contribution is 5.44.